The molecule has 0 aliphatic heterocycles. The number of aryl methyl sites for hydroxylation is 1. The fourth-order valence-corrected chi connectivity index (χ4v) is 4.76. The Bertz CT molecular complexity index is 1100. The molecule has 0 aliphatic rings. The highest BCUT2D eigenvalue weighted by molar-refractivity contribution is 9.10. The van der Waals surface area contributed by atoms with Crippen LogP contribution in [0.15, 0.2) is 46.9 Å². The fraction of sp³-hybridized carbons (Fsp3) is 0.417. The van der Waals surface area contributed by atoms with Gasteiger partial charge in [-0.1, -0.05) is 47.1 Å². The number of sulfonamides is 1. The van der Waals surface area contributed by atoms with Crippen LogP contribution in [0.25, 0.3) is 0 Å². The smallest absolute Gasteiger partial charge is 0.244 e. The van der Waals surface area contributed by atoms with Crippen LogP contribution in [0.1, 0.15) is 37.0 Å². The average molecular weight is 539 g/mol. The molecule has 1 atom stereocenters. The van der Waals surface area contributed by atoms with Gasteiger partial charge in [0.25, 0.3) is 0 Å². The summed E-state index contributed by atoms with van der Waals surface area (Å²) in [7, 11) is -3.75. The molecule has 2 rings (SSSR count). The van der Waals surface area contributed by atoms with Gasteiger partial charge in [0.05, 0.1) is 11.9 Å². The number of anilines is 1. The van der Waals surface area contributed by atoms with Crippen LogP contribution >= 0.6 is 15.9 Å². The molecule has 0 saturated heterocycles. The molecule has 0 aromatic heterocycles. The standard InChI is InChI=1S/C24H32BrN3O4S/c1-6-13-26-24(30)19(4)27(15-20-10-8-11-21(25)14-20)23(29)16-28(33(5,31)32)22-12-7-9-17(2)18(22)3/h7-12,14,19H,6,13,15-16H2,1-5H3,(H,26,30). The molecule has 0 radical (unpaired) electrons. The number of hydrogen-bond donors (Lipinski definition) is 1. The summed E-state index contributed by atoms with van der Waals surface area (Å²) in [4.78, 5) is 27.6. The van der Waals surface area contributed by atoms with Crippen molar-refractivity contribution in [2.75, 3.05) is 23.7 Å². The zero-order valence-corrected chi connectivity index (χ0v) is 22.2. The lowest BCUT2D eigenvalue weighted by atomic mass is 10.1. The Morgan fingerprint density at radius 3 is 2.39 bits per heavy atom. The summed E-state index contributed by atoms with van der Waals surface area (Å²) < 4.78 is 27.3. The summed E-state index contributed by atoms with van der Waals surface area (Å²) in [5, 5.41) is 2.82. The fourth-order valence-electron chi connectivity index (χ4n) is 3.41. The highest BCUT2D eigenvalue weighted by Crippen LogP contribution is 2.25. The summed E-state index contributed by atoms with van der Waals surface area (Å²) in [6, 6.07) is 12.0. The van der Waals surface area contributed by atoms with E-state index in [9.17, 15) is 18.0 Å². The molecule has 2 aromatic carbocycles. The minimum absolute atomic E-state index is 0.170. The third-order valence-corrected chi connectivity index (χ3v) is 7.10. The molecule has 0 aliphatic carbocycles. The van der Waals surface area contributed by atoms with Crippen LogP contribution in [0.3, 0.4) is 0 Å². The van der Waals surface area contributed by atoms with Gasteiger partial charge in [-0.3, -0.25) is 13.9 Å². The molecule has 180 valence electrons. The van der Waals surface area contributed by atoms with E-state index in [1.54, 1.807) is 19.1 Å². The molecule has 9 heteroatoms. The minimum atomic E-state index is -3.75. The SMILES string of the molecule is CCCNC(=O)C(C)N(Cc1cccc(Br)c1)C(=O)CN(c1cccc(C)c1C)S(C)(=O)=O. The maximum Gasteiger partial charge on any atom is 0.244 e. The molecule has 0 heterocycles. The molecule has 2 amide bonds. The first-order chi connectivity index (χ1) is 15.5. The predicted octanol–water partition coefficient (Wildman–Crippen LogP) is 3.78. The summed E-state index contributed by atoms with van der Waals surface area (Å²) >= 11 is 3.43. The van der Waals surface area contributed by atoms with Crippen molar-refractivity contribution in [1.82, 2.24) is 10.2 Å². The van der Waals surface area contributed by atoms with Gasteiger partial charge in [-0.15, -0.1) is 0 Å². The number of nitrogens with one attached hydrogen (secondary N) is 1. The highest BCUT2D eigenvalue weighted by Gasteiger charge is 2.30. The van der Waals surface area contributed by atoms with Gasteiger partial charge in [-0.25, -0.2) is 8.42 Å². The first-order valence-electron chi connectivity index (χ1n) is 10.8. The van der Waals surface area contributed by atoms with E-state index in [0.717, 1.165) is 38.1 Å². The van der Waals surface area contributed by atoms with Gasteiger partial charge in [0.2, 0.25) is 21.8 Å². The molecular formula is C24H32BrN3O4S. The maximum atomic E-state index is 13.5. The van der Waals surface area contributed by atoms with Crippen LogP contribution < -0.4 is 9.62 Å². The van der Waals surface area contributed by atoms with Gasteiger partial charge in [0.1, 0.15) is 12.6 Å². The Labute approximate surface area is 205 Å². The van der Waals surface area contributed by atoms with Crippen LogP contribution in [-0.2, 0) is 26.2 Å². The topological polar surface area (TPSA) is 86.8 Å². The van der Waals surface area contributed by atoms with Crippen molar-refractivity contribution in [3.05, 3.63) is 63.6 Å². The third-order valence-electron chi connectivity index (χ3n) is 5.48. The molecule has 0 spiro atoms. The van der Waals surface area contributed by atoms with E-state index in [-0.39, 0.29) is 12.5 Å². The van der Waals surface area contributed by atoms with Crippen molar-refractivity contribution in [1.29, 1.82) is 0 Å². The first kappa shape index (κ1) is 26.9. The van der Waals surface area contributed by atoms with Crippen LogP contribution in [0.2, 0.25) is 0 Å². The zero-order chi connectivity index (χ0) is 24.8. The van der Waals surface area contributed by atoms with E-state index in [0.29, 0.717) is 12.2 Å². The van der Waals surface area contributed by atoms with E-state index in [1.165, 1.54) is 4.90 Å². The van der Waals surface area contributed by atoms with Gasteiger partial charge in [0.15, 0.2) is 0 Å². The minimum Gasteiger partial charge on any atom is -0.354 e. The van der Waals surface area contributed by atoms with Crippen molar-refractivity contribution in [3.8, 4) is 0 Å². The Morgan fingerprint density at radius 2 is 1.79 bits per heavy atom. The highest BCUT2D eigenvalue weighted by atomic mass is 79.9. The predicted molar refractivity (Wildman–Crippen MR) is 136 cm³/mol. The van der Waals surface area contributed by atoms with Crippen LogP contribution in [0, 0.1) is 13.8 Å². The van der Waals surface area contributed by atoms with E-state index >= 15 is 0 Å². The molecular weight excluding hydrogens is 506 g/mol. The van der Waals surface area contributed by atoms with Crippen molar-refractivity contribution in [2.45, 2.75) is 46.7 Å². The maximum absolute atomic E-state index is 13.5. The van der Waals surface area contributed by atoms with Crippen molar-refractivity contribution < 1.29 is 18.0 Å². The summed E-state index contributed by atoms with van der Waals surface area (Å²) in [6.07, 6.45) is 1.85. The van der Waals surface area contributed by atoms with Gasteiger partial charge in [-0.05, 0) is 62.1 Å². The Hall–Kier alpha value is -2.39. The second-order valence-corrected chi connectivity index (χ2v) is 10.9. The quantitative estimate of drug-likeness (QED) is 0.499. The van der Waals surface area contributed by atoms with Gasteiger partial charge >= 0.3 is 0 Å². The van der Waals surface area contributed by atoms with E-state index < -0.39 is 28.5 Å². The van der Waals surface area contributed by atoms with Gasteiger partial charge < -0.3 is 10.2 Å². The number of nitrogens with zero attached hydrogens (tertiary/aromatic N) is 2. The molecule has 0 saturated carbocycles. The molecule has 1 unspecified atom stereocenters. The second kappa shape index (κ2) is 11.7. The number of rotatable bonds is 10. The molecule has 7 nitrogen and oxygen atoms in total. The van der Waals surface area contributed by atoms with Gasteiger partial charge in [-0.2, -0.15) is 0 Å². The molecule has 33 heavy (non-hydrogen) atoms. The van der Waals surface area contributed by atoms with Crippen LogP contribution in [0.5, 0.6) is 0 Å². The molecule has 2 aromatic rings. The lowest BCUT2D eigenvalue weighted by molar-refractivity contribution is -0.139. The number of halogens is 1. The number of carbonyl (C=O) groups is 2. The van der Waals surface area contributed by atoms with Gasteiger partial charge in [0, 0.05) is 17.6 Å². The van der Waals surface area contributed by atoms with E-state index in [2.05, 4.69) is 21.2 Å². The molecule has 0 fully saturated rings. The Morgan fingerprint density at radius 1 is 1.12 bits per heavy atom. The lowest BCUT2D eigenvalue weighted by Crippen LogP contribution is -2.51. The lowest BCUT2D eigenvalue weighted by Gasteiger charge is -2.32. The number of amides is 2. The van der Waals surface area contributed by atoms with Crippen LogP contribution in [-0.4, -0.2) is 50.5 Å². The number of benzene rings is 2. The third kappa shape index (κ3) is 7.30. The average Bonchev–Trinajstić information content (AvgIpc) is 2.75. The summed E-state index contributed by atoms with van der Waals surface area (Å²) in [5.41, 5.74) is 2.98. The second-order valence-electron chi connectivity index (χ2n) is 8.11. The van der Waals surface area contributed by atoms with E-state index in [4.69, 9.17) is 0 Å². The van der Waals surface area contributed by atoms with Crippen molar-refractivity contribution in [3.63, 3.8) is 0 Å². The zero-order valence-electron chi connectivity index (χ0n) is 19.8. The summed E-state index contributed by atoms with van der Waals surface area (Å²) in [5.74, 6) is -0.738. The van der Waals surface area contributed by atoms with Crippen LogP contribution in [0.4, 0.5) is 5.69 Å². The number of carbonyl (C=O) groups excluding carboxylic acids is 2. The molecule has 1 N–H and O–H groups in total. The van der Waals surface area contributed by atoms with E-state index in [1.807, 2.05) is 51.1 Å². The normalized spacial score (nSPS) is 12.2. The Kier molecular flexibility index (Phi) is 9.48. The largest absolute Gasteiger partial charge is 0.354 e. The molecule has 0 bridgehead atoms. The first-order valence-corrected chi connectivity index (χ1v) is 13.4. The van der Waals surface area contributed by atoms with Crippen molar-refractivity contribution in [2.24, 2.45) is 0 Å². The monoisotopic (exact) mass is 537 g/mol. The Balaban J connectivity index is 2.42. The number of hydrogen-bond acceptors (Lipinski definition) is 4. The summed E-state index contributed by atoms with van der Waals surface area (Å²) in [6.45, 7) is 7.59. The van der Waals surface area contributed by atoms with Crippen molar-refractivity contribution >= 4 is 43.5 Å².